The molecule has 1 saturated heterocycles. The molecular formula is C24H20N4O3. The van der Waals surface area contributed by atoms with E-state index >= 15 is 0 Å². The van der Waals surface area contributed by atoms with Gasteiger partial charge in [-0.1, -0.05) is 18.1 Å². The summed E-state index contributed by atoms with van der Waals surface area (Å²) in [7, 11) is 1.55. The number of carbonyl (C=O) groups is 2. The second-order valence-corrected chi connectivity index (χ2v) is 6.84. The van der Waals surface area contributed by atoms with E-state index in [1.165, 1.54) is 0 Å². The summed E-state index contributed by atoms with van der Waals surface area (Å²) in [6.45, 7) is 0.808. The lowest BCUT2D eigenvalue weighted by Crippen LogP contribution is -2.52. The summed E-state index contributed by atoms with van der Waals surface area (Å²) in [5, 5.41) is 0. The molecule has 0 aliphatic carbocycles. The molecule has 0 bridgehead atoms. The number of hydrogen-bond donors (Lipinski definition) is 0. The topological polar surface area (TPSA) is 75.6 Å². The van der Waals surface area contributed by atoms with E-state index < -0.39 is 0 Å². The van der Waals surface area contributed by atoms with Crippen molar-refractivity contribution in [2.24, 2.45) is 0 Å². The highest BCUT2D eigenvalue weighted by atomic mass is 16.5. The van der Waals surface area contributed by atoms with E-state index in [9.17, 15) is 9.59 Å². The van der Waals surface area contributed by atoms with Gasteiger partial charge in [-0.15, -0.1) is 0 Å². The number of aromatic nitrogens is 2. The first kappa shape index (κ1) is 20.1. The van der Waals surface area contributed by atoms with Crippen molar-refractivity contribution in [3.63, 3.8) is 0 Å². The van der Waals surface area contributed by atoms with Crippen LogP contribution in [0.4, 0.5) is 5.82 Å². The normalized spacial score (nSPS) is 13.4. The molecule has 3 aromatic rings. The molecule has 0 unspecified atom stereocenters. The fourth-order valence-electron chi connectivity index (χ4n) is 3.29. The largest absolute Gasteiger partial charge is 0.495 e. The third-order valence-corrected chi connectivity index (χ3v) is 4.87. The van der Waals surface area contributed by atoms with Crippen LogP contribution in [0.1, 0.15) is 21.6 Å². The van der Waals surface area contributed by atoms with E-state index in [2.05, 4.69) is 21.8 Å². The second kappa shape index (κ2) is 9.09. The Morgan fingerprint density at radius 2 is 1.81 bits per heavy atom. The monoisotopic (exact) mass is 412 g/mol. The van der Waals surface area contributed by atoms with Crippen molar-refractivity contribution >= 4 is 17.6 Å². The van der Waals surface area contributed by atoms with Gasteiger partial charge in [0.1, 0.15) is 23.8 Å². The molecular weight excluding hydrogens is 392 g/mol. The van der Waals surface area contributed by atoms with Gasteiger partial charge in [0.2, 0.25) is 5.91 Å². The number of piperazine rings is 1. The molecule has 1 aliphatic rings. The lowest BCUT2D eigenvalue weighted by Gasteiger charge is -2.33. The van der Waals surface area contributed by atoms with Gasteiger partial charge >= 0.3 is 0 Å². The Morgan fingerprint density at radius 1 is 1.00 bits per heavy atom. The van der Waals surface area contributed by atoms with Gasteiger partial charge in [-0.3, -0.25) is 14.5 Å². The predicted molar refractivity (Wildman–Crippen MR) is 116 cm³/mol. The Morgan fingerprint density at radius 3 is 2.48 bits per heavy atom. The molecule has 0 saturated carbocycles. The molecule has 154 valence electrons. The Balaban J connectivity index is 1.53. The average Bonchev–Trinajstić information content (AvgIpc) is 2.83. The van der Waals surface area contributed by atoms with E-state index in [0.29, 0.717) is 41.5 Å². The van der Waals surface area contributed by atoms with Crippen molar-refractivity contribution in [1.29, 1.82) is 0 Å². The zero-order valence-corrected chi connectivity index (χ0v) is 17.0. The number of carbonyl (C=O) groups excluding carboxylic acids is 2. The van der Waals surface area contributed by atoms with Crippen molar-refractivity contribution in [3.05, 3.63) is 83.8 Å². The number of amides is 2. The Bertz CT molecular complexity index is 1150. The smallest absolute Gasteiger partial charge is 0.254 e. The van der Waals surface area contributed by atoms with Gasteiger partial charge in [-0.25, -0.2) is 9.97 Å². The van der Waals surface area contributed by atoms with Gasteiger partial charge in [-0.05, 0) is 48.4 Å². The van der Waals surface area contributed by atoms with Gasteiger partial charge in [0.15, 0.2) is 0 Å². The average molecular weight is 412 g/mol. The van der Waals surface area contributed by atoms with Gasteiger partial charge in [0, 0.05) is 31.0 Å². The van der Waals surface area contributed by atoms with Crippen molar-refractivity contribution in [1.82, 2.24) is 14.9 Å². The number of nitrogens with zero attached hydrogens (tertiary/aromatic N) is 4. The lowest BCUT2D eigenvalue weighted by atomic mass is 10.1. The van der Waals surface area contributed by atoms with Crippen LogP contribution in [0.3, 0.4) is 0 Å². The number of hydrogen-bond acceptors (Lipinski definition) is 5. The molecule has 31 heavy (non-hydrogen) atoms. The zero-order valence-electron chi connectivity index (χ0n) is 17.0. The van der Waals surface area contributed by atoms with Crippen LogP contribution in [0.25, 0.3) is 0 Å². The Labute approximate surface area is 180 Å². The van der Waals surface area contributed by atoms with Gasteiger partial charge in [0.05, 0.1) is 12.7 Å². The van der Waals surface area contributed by atoms with Crippen LogP contribution in [-0.4, -0.2) is 53.4 Å². The summed E-state index contributed by atoms with van der Waals surface area (Å²) in [6.07, 6.45) is 3.31. The van der Waals surface area contributed by atoms with Crippen molar-refractivity contribution in [2.45, 2.75) is 0 Å². The first-order valence-electron chi connectivity index (χ1n) is 9.77. The Hall–Kier alpha value is -4.18. The highest BCUT2D eigenvalue weighted by Crippen LogP contribution is 2.21. The van der Waals surface area contributed by atoms with E-state index in [4.69, 9.17) is 4.74 Å². The lowest BCUT2D eigenvalue weighted by molar-refractivity contribution is -0.120. The summed E-state index contributed by atoms with van der Waals surface area (Å²) in [4.78, 5) is 37.2. The predicted octanol–water partition coefficient (Wildman–Crippen LogP) is 2.37. The first-order chi connectivity index (χ1) is 15.2. The summed E-state index contributed by atoms with van der Waals surface area (Å²) in [5.74, 6) is 6.77. The summed E-state index contributed by atoms with van der Waals surface area (Å²) in [5.41, 5.74) is 1.65. The quantitative estimate of drug-likeness (QED) is 0.618. The number of ether oxygens (including phenoxy) is 1. The molecule has 0 atom stereocenters. The van der Waals surface area contributed by atoms with E-state index in [0.717, 1.165) is 0 Å². The Kier molecular flexibility index (Phi) is 5.90. The molecule has 0 spiro atoms. The number of pyridine rings is 2. The summed E-state index contributed by atoms with van der Waals surface area (Å²) < 4.78 is 5.38. The summed E-state index contributed by atoms with van der Waals surface area (Å²) in [6, 6.07) is 16.0. The summed E-state index contributed by atoms with van der Waals surface area (Å²) >= 11 is 0. The SMILES string of the molecule is COc1ccc(C(=O)N2CCN(c3ccccn3)C(=O)C2)cc1C#Cc1ccccn1. The molecule has 7 nitrogen and oxygen atoms in total. The van der Waals surface area contributed by atoms with Crippen LogP contribution >= 0.6 is 0 Å². The van der Waals surface area contributed by atoms with Crippen molar-refractivity contribution in [3.8, 4) is 17.6 Å². The molecule has 4 rings (SSSR count). The van der Waals surface area contributed by atoms with Crippen molar-refractivity contribution in [2.75, 3.05) is 31.6 Å². The number of anilines is 1. The third kappa shape index (κ3) is 4.54. The van der Waals surface area contributed by atoms with E-state index in [1.54, 1.807) is 65.7 Å². The molecule has 2 aromatic heterocycles. The third-order valence-electron chi connectivity index (χ3n) is 4.87. The first-order valence-corrected chi connectivity index (χ1v) is 9.77. The molecule has 7 heteroatoms. The number of benzene rings is 1. The standard InChI is InChI=1S/C24H20N4O3/c1-31-21-11-9-19(16-18(21)8-10-20-6-2-4-12-25-20)24(30)27-14-15-28(23(29)17-27)22-7-3-5-13-26-22/h2-7,9,11-13,16H,14-15,17H2,1H3. The molecule has 1 aliphatic heterocycles. The van der Waals surface area contributed by atoms with Crippen LogP contribution in [0.5, 0.6) is 5.75 Å². The highest BCUT2D eigenvalue weighted by Gasteiger charge is 2.29. The van der Waals surface area contributed by atoms with Crippen LogP contribution in [0.2, 0.25) is 0 Å². The van der Waals surface area contributed by atoms with Crippen LogP contribution in [0, 0.1) is 11.8 Å². The molecule has 0 radical (unpaired) electrons. The van der Waals surface area contributed by atoms with E-state index in [-0.39, 0.29) is 18.4 Å². The maximum atomic E-state index is 13.1. The minimum atomic E-state index is -0.224. The fourth-order valence-corrected chi connectivity index (χ4v) is 3.29. The molecule has 0 N–H and O–H groups in total. The van der Waals surface area contributed by atoms with Gasteiger partial charge < -0.3 is 9.64 Å². The molecule has 3 heterocycles. The minimum Gasteiger partial charge on any atom is -0.495 e. The van der Waals surface area contributed by atoms with Crippen molar-refractivity contribution < 1.29 is 14.3 Å². The maximum Gasteiger partial charge on any atom is 0.254 e. The van der Waals surface area contributed by atoms with Gasteiger partial charge in [0.25, 0.3) is 5.91 Å². The van der Waals surface area contributed by atoms with Crippen LogP contribution in [0.15, 0.2) is 67.0 Å². The number of methoxy groups -OCH3 is 1. The van der Waals surface area contributed by atoms with E-state index in [1.807, 2.05) is 18.2 Å². The zero-order chi connectivity index (χ0) is 21.6. The van der Waals surface area contributed by atoms with Crippen LogP contribution in [-0.2, 0) is 4.79 Å². The molecule has 2 amide bonds. The fraction of sp³-hybridized carbons (Fsp3) is 0.167. The highest BCUT2D eigenvalue weighted by molar-refractivity contribution is 6.01. The number of rotatable bonds is 3. The molecule has 1 fully saturated rings. The van der Waals surface area contributed by atoms with Crippen LogP contribution < -0.4 is 9.64 Å². The minimum absolute atomic E-state index is 0.00359. The maximum absolute atomic E-state index is 13.1. The molecule has 1 aromatic carbocycles. The second-order valence-electron chi connectivity index (χ2n) is 6.84. The van der Waals surface area contributed by atoms with Gasteiger partial charge in [-0.2, -0.15) is 0 Å².